The fourth-order valence-electron chi connectivity index (χ4n) is 3.01. The van der Waals surface area contributed by atoms with E-state index in [2.05, 4.69) is 13.8 Å². The van der Waals surface area contributed by atoms with Crippen LogP contribution in [-0.2, 0) is 14.9 Å². The second-order valence-electron chi connectivity index (χ2n) is 6.73. The largest absolute Gasteiger partial charge is 0.482 e. The molecule has 3 aromatic rings. The van der Waals surface area contributed by atoms with Crippen LogP contribution in [0.4, 0.5) is 0 Å². The van der Waals surface area contributed by atoms with Gasteiger partial charge in [-0.1, -0.05) is 50.2 Å². The Labute approximate surface area is 169 Å². The van der Waals surface area contributed by atoms with E-state index in [0.29, 0.717) is 17.1 Å². The average Bonchev–Trinajstić information content (AvgIpc) is 2.71. The number of esters is 1. The van der Waals surface area contributed by atoms with Crippen LogP contribution in [-0.4, -0.2) is 25.5 Å². The lowest BCUT2D eigenvalue weighted by molar-refractivity contribution is -0.136. The lowest BCUT2D eigenvalue weighted by atomic mass is 9.99. The summed E-state index contributed by atoms with van der Waals surface area (Å²) in [7, 11) is -4.40. The van der Waals surface area contributed by atoms with E-state index in [1.165, 1.54) is 18.2 Å². The molecule has 3 rings (SSSR count). The Balaban J connectivity index is 1.76. The smallest absolute Gasteiger partial charge is 0.349 e. The predicted octanol–water partition coefficient (Wildman–Crippen LogP) is 4.58. The Bertz CT molecular complexity index is 1140. The number of benzene rings is 3. The number of fused-ring (bicyclic) bond motifs is 1. The standard InChI is InChI=1S/C22H22O6S/c1-3-15(2)16-7-4-8-17(13-16)27-14-22(23)28-20-11-5-10-19-18(20)9-6-12-21(19)29(24,25)26/h4-13,15H,3,14H2,1-2H3,(H,24,25,26). The zero-order chi connectivity index (χ0) is 21.0. The van der Waals surface area contributed by atoms with Gasteiger partial charge < -0.3 is 9.47 Å². The number of rotatable bonds is 7. The third kappa shape index (κ3) is 4.93. The van der Waals surface area contributed by atoms with Crippen LogP contribution in [0.1, 0.15) is 31.7 Å². The highest BCUT2D eigenvalue weighted by atomic mass is 32.2. The molecular weight excluding hydrogens is 392 g/mol. The van der Waals surface area contributed by atoms with Gasteiger partial charge in [-0.25, -0.2) is 4.79 Å². The SMILES string of the molecule is CCC(C)c1cccc(OCC(=O)Oc2cccc3c(S(=O)(=O)O)cccc23)c1. The molecule has 0 aliphatic rings. The van der Waals surface area contributed by atoms with Gasteiger partial charge in [0.2, 0.25) is 0 Å². The van der Waals surface area contributed by atoms with Gasteiger partial charge in [0.15, 0.2) is 6.61 Å². The van der Waals surface area contributed by atoms with Crippen molar-refractivity contribution in [1.29, 1.82) is 0 Å². The zero-order valence-corrected chi connectivity index (χ0v) is 17.0. The van der Waals surface area contributed by atoms with Crippen molar-refractivity contribution in [3.8, 4) is 11.5 Å². The van der Waals surface area contributed by atoms with Crippen LogP contribution in [0, 0.1) is 0 Å². The molecule has 0 saturated carbocycles. The molecule has 29 heavy (non-hydrogen) atoms. The summed E-state index contributed by atoms with van der Waals surface area (Å²) >= 11 is 0. The third-order valence-electron chi connectivity index (χ3n) is 4.74. The second-order valence-corrected chi connectivity index (χ2v) is 8.12. The van der Waals surface area contributed by atoms with Gasteiger partial charge in [0, 0.05) is 10.8 Å². The van der Waals surface area contributed by atoms with Gasteiger partial charge in [0.1, 0.15) is 16.4 Å². The fourth-order valence-corrected chi connectivity index (χ4v) is 3.71. The van der Waals surface area contributed by atoms with E-state index < -0.39 is 16.1 Å². The molecule has 0 aliphatic carbocycles. The van der Waals surface area contributed by atoms with Crippen molar-refractivity contribution in [1.82, 2.24) is 0 Å². The molecule has 0 spiro atoms. The predicted molar refractivity (Wildman–Crippen MR) is 110 cm³/mol. The first-order valence-electron chi connectivity index (χ1n) is 9.22. The molecule has 0 radical (unpaired) electrons. The van der Waals surface area contributed by atoms with E-state index in [-0.39, 0.29) is 22.6 Å². The highest BCUT2D eigenvalue weighted by Crippen LogP contribution is 2.30. The van der Waals surface area contributed by atoms with E-state index >= 15 is 0 Å². The van der Waals surface area contributed by atoms with Crippen molar-refractivity contribution >= 4 is 26.9 Å². The summed E-state index contributed by atoms with van der Waals surface area (Å²) in [5.41, 5.74) is 1.13. The van der Waals surface area contributed by atoms with Crippen molar-refractivity contribution in [2.24, 2.45) is 0 Å². The maximum Gasteiger partial charge on any atom is 0.349 e. The van der Waals surface area contributed by atoms with E-state index in [1.54, 1.807) is 24.3 Å². The Morgan fingerprint density at radius 1 is 1.03 bits per heavy atom. The van der Waals surface area contributed by atoms with Crippen LogP contribution in [0.15, 0.2) is 65.6 Å². The molecule has 0 amide bonds. The molecule has 152 valence electrons. The van der Waals surface area contributed by atoms with Gasteiger partial charge in [-0.05, 0) is 42.2 Å². The maximum absolute atomic E-state index is 12.3. The summed E-state index contributed by atoms with van der Waals surface area (Å²) in [5, 5.41) is 0.664. The van der Waals surface area contributed by atoms with Crippen LogP contribution < -0.4 is 9.47 Å². The fraction of sp³-hybridized carbons (Fsp3) is 0.227. The first kappa shape index (κ1) is 20.8. The number of carbonyl (C=O) groups excluding carboxylic acids is 1. The molecule has 7 heteroatoms. The van der Waals surface area contributed by atoms with Gasteiger partial charge in [-0.2, -0.15) is 8.42 Å². The summed E-state index contributed by atoms with van der Waals surface area (Å²) < 4.78 is 43.5. The number of ether oxygens (including phenoxy) is 2. The molecule has 0 saturated heterocycles. The highest BCUT2D eigenvalue weighted by Gasteiger charge is 2.16. The van der Waals surface area contributed by atoms with E-state index in [0.717, 1.165) is 12.0 Å². The molecule has 1 unspecified atom stereocenters. The lowest BCUT2D eigenvalue weighted by Crippen LogP contribution is -2.18. The van der Waals surface area contributed by atoms with Crippen molar-refractivity contribution in [2.75, 3.05) is 6.61 Å². The molecule has 0 heterocycles. The maximum atomic E-state index is 12.3. The molecule has 0 aromatic heterocycles. The summed E-state index contributed by atoms with van der Waals surface area (Å²) in [5.74, 6) is 0.531. The van der Waals surface area contributed by atoms with Crippen LogP contribution in [0.2, 0.25) is 0 Å². The van der Waals surface area contributed by atoms with Crippen LogP contribution >= 0.6 is 0 Å². The van der Waals surface area contributed by atoms with E-state index in [9.17, 15) is 17.8 Å². The minimum absolute atomic E-state index is 0.190. The Kier molecular flexibility index (Phi) is 6.20. The Morgan fingerprint density at radius 2 is 1.72 bits per heavy atom. The van der Waals surface area contributed by atoms with Gasteiger partial charge in [-0.3, -0.25) is 4.55 Å². The summed E-state index contributed by atoms with van der Waals surface area (Å²) in [6, 6.07) is 16.6. The van der Waals surface area contributed by atoms with E-state index in [1.807, 2.05) is 18.2 Å². The first-order valence-corrected chi connectivity index (χ1v) is 10.7. The topological polar surface area (TPSA) is 89.9 Å². The van der Waals surface area contributed by atoms with Crippen molar-refractivity contribution in [3.05, 3.63) is 66.2 Å². The monoisotopic (exact) mass is 414 g/mol. The molecule has 6 nitrogen and oxygen atoms in total. The van der Waals surface area contributed by atoms with Crippen LogP contribution in [0.3, 0.4) is 0 Å². The molecule has 3 aromatic carbocycles. The number of hydrogen-bond acceptors (Lipinski definition) is 5. The van der Waals surface area contributed by atoms with Gasteiger partial charge in [-0.15, -0.1) is 0 Å². The zero-order valence-electron chi connectivity index (χ0n) is 16.2. The summed E-state index contributed by atoms with van der Waals surface area (Å²) in [6.07, 6.45) is 0.998. The highest BCUT2D eigenvalue weighted by molar-refractivity contribution is 7.86. The minimum Gasteiger partial charge on any atom is -0.482 e. The van der Waals surface area contributed by atoms with Crippen LogP contribution in [0.5, 0.6) is 11.5 Å². The molecular formula is C22H22O6S. The van der Waals surface area contributed by atoms with Crippen LogP contribution in [0.25, 0.3) is 10.8 Å². The number of hydrogen-bond donors (Lipinski definition) is 1. The van der Waals surface area contributed by atoms with E-state index in [4.69, 9.17) is 9.47 Å². The Hall–Kier alpha value is -2.90. The van der Waals surface area contributed by atoms with Crippen molar-refractivity contribution in [3.63, 3.8) is 0 Å². The lowest BCUT2D eigenvalue weighted by Gasteiger charge is -2.12. The van der Waals surface area contributed by atoms with Crippen molar-refractivity contribution < 1.29 is 27.2 Å². The number of carbonyl (C=O) groups is 1. The molecule has 0 fully saturated rings. The average molecular weight is 414 g/mol. The molecule has 0 aliphatic heterocycles. The van der Waals surface area contributed by atoms with Gasteiger partial charge in [0.25, 0.3) is 10.1 Å². The third-order valence-corrected chi connectivity index (χ3v) is 5.65. The first-order chi connectivity index (χ1) is 13.8. The van der Waals surface area contributed by atoms with Crippen molar-refractivity contribution in [2.45, 2.75) is 31.1 Å². The molecule has 0 bridgehead atoms. The molecule has 1 atom stereocenters. The Morgan fingerprint density at radius 3 is 2.45 bits per heavy atom. The summed E-state index contributed by atoms with van der Waals surface area (Å²) in [6.45, 7) is 3.93. The van der Waals surface area contributed by atoms with Gasteiger partial charge >= 0.3 is 5.97 Å². The normalized spacial score (nSPS) is 12.5. The quantitative estimate of drug-likeness (QED) is 0.346. The minimum atomic E-state index is -4.40. The second kappa shape index (κ2) is 8.63. The summed E-state index contributed by atoms with van der Waals surface area (Å²) in [4.78, 5) is 12.0. The van der Waals surface area contributed by atoms with Gasteiger partial charge in [0.05, 0.1) is 0 Å². The molecule has 1 N–H and O–H groups in total.